The Kier molecular flexibility index (Phi) is 6.13. The van der Waals surface area contributed by atoms with E-state index in [-0.39, 0.29) is 23.0 Å². The van der Waals surface area contributed by atoms with Crippen molar-refractivity contribution in [3.63, 3.8) is 0 Å². The molecule has 3 N–H and O–H groups in total. The van der Waals surface area contributed by atoms with Crippen LogP contribution in [0.5, 0.6) is 0 Å². The summed E-state index contributed by atoms with van der Waals surface area (Å²) >= 11 is 5.79. The number of nitrogens with two attached hydrogens (primary N) is 1. The lowest BCUT2D eigenvalue weighted by molar-refractivity contribution is 0.139. The van der Waals surface area contributed by atoms with Gasteiger partial charge in [-0.25, -0.2) is 4.39 Å². The van der Waals surface area contributed by atoms with Crippen molar-refractivity contribution in [3.05, 3.63) is 34.6 Å². The van der Waals surface area contributed by atoms with Crippen LogP contribution in [0, 0.1) is 5.82 Å². The Morgan fingerprint density at radius 1 is 1.53 bits per heavy atom. The van der Waals surface area contributed by atoms with Gasteiger partial charge in [-0.1, -0.05) is 24.6 Å². The Bertz CT molecular complexity index is 302. The molecule has 0 bridgehead atoms. The molecule has 2 atom stereocenters. The average molecular weight is 254 g/mol. The van der Waals surface area contributed by atoms with Gasteiger partial charge in [0.1, 0.15) is 5.82 Å². The number of hydrogen-bond donors (Lipinski definition) is 2. The van der Waals surface area contributed by atoms with Gasteiger partial charge in [0.15, 0.2) is 0 Å². The Hall–Kier alpha value is -0.350. The minimum absolute atomic E-state index is 0. The fourth-order valence-electron chi connectivity index (χ4n) is 1.28. The van der Waals surface area contributed by atoms with Crippen LogP contribution in [0.25, 0.3) is 0 Å². The van der Waals surface area contributed by atoms with E-state index >= 15 is 0 Å². The summed E-state index contributed by atoms with van der Waals surface area (Å²) in [6.07, 6.45) is -0.310. The molecule has 0 aliphatic carbocycles. The molecule has 1 aromatic rings. The van der Waals surface area contributed by atoms with Crippen LogP contribution in [-0.2, 0) is 0 Å². The van der Waals surface area contributed by atoms with Crippen LogP contribution in [0.2, 0.25) is 5.02 Å². The van der Waals surface area contributed by atoms with E-state index in [2.05, 4.69) is 0 Å². The fraction of sp³-hybridized carbons (Fsp3) is 0.400. The summed E-state index contributed by atoms with van der Waals surface area (Å²) in [5.41, 5.74) is 5.86. The summed E-state index contributed by atoms with van der Waals surface area (Å²) in [6.45, 7) is 1.78. The molecule has 5 heteroatoms. The molecular weight excluding hydrogens is 240 g/mol. The van der Waals surface area contributed by atoms with Crippen molar-refractivity contribution in [2.24, 2.45) is 5.73 Å². The van der Waals surface area contributed by atoms with Crippen molar-refractivity contribution in [1.29, 1.82) is 0 Å². The molecule has 0 unspecified atom stereocenters. The number of aliphatic hydroxyl groups excluding tert-OH is 1. The Morgan fingerprint density at radius 3 is 2.60 bits per heavy atom. The average Bonchev–Trinajstić information content (AvgIpc) is 2.16. The monoisotopic (exact) mass is 253 g/mol. The number of benzene rings is 1. The van der Waals surface area contributed by atoms with E-state index in [0.717, 1.165) is 0 Å². The van der Waals surface area contributed by atoms with E-state index in [9.17, 15) is 9.50 Å². The summed E-state index contributed by atoms with van der Waals surface area (Å²) in [6, 6.07) is 3.58. The molecule has 15 heavy (non-hydrogen) atoms. The molecule has 0 spiro atoms. The van der Waals surface area contributed by atoms with Crippen molar-refractivity contribution in [2.75, 3.05) is 0 Å². The van der Waals surface area contributed by atoms with Gasteiger partial charge >= 0.3 is 0 Å². The largest absolute Gasteiger partial charge is 0.391 e. The topological polar surface area (TPSA) is 46.2 Å². The molecule has 0 saturated heterocycles. The van der Waals surface area contributed by atoms with Crippen LogP contribution < -0.4 is 5.73 Å². The second-order valence-electron chi connectivity index (χ2n) is 3.14. The van der Waals surface area contributed by atoms with Gasteiger partial charge in [0.2, 0.25) is 0 Å². The van der Waals surface area contributed by atoms with E-state index in [1.807, 2.05) is 0 Å². The maximum absolute atomic E-state index is 13.3. The van der Waals surface area contributed by atoms with E-state index in [1.165, 1.54) is 12.1 Å². The van der Waals surface area contributed by atoms with Crippen LogP contribution in [0.3, 0.4) is 0 Å². The van der Waals surface area contributed by atoms with E-state index < -0.39 is 18.0 Å². The summed E-state index contributed by atoms with van der Waals surface area (Å²) in [5.74, 6) is -0.475. The summed E-state index contributed by atoms with van der Waals surface area (Å²) in [5, 5.41) is 9.73. The maximum Gasteiger partial charge on any atom is 0.129 e. The zero-order valence-electron chi connectivity index (χ0n) is 8.28. The van der Waals surface area contributed by atoms with Gasteiger partial charge in [-0.05, 0) is 18.6 Å². The molecule has 0 heterocycles. The number of aliphatic hydroxyl groups is 1. The first-order valence-corrected chi connectivity index (χ1v) is 4.83. The molecular formula is C10H14Cl2FNO. The van der Waals surface area contributed by atoms with Gasteiger partial charge in [-0.2, -0.15) is 0 Å². The summed E-state index contributed by atoms with van der Waals surface area (Å²) in [7, 11) is 0. The first kappa shape index (κ1) is 14.6. The molecule has 0 radical (unpaired) electrons. The maximum atomic E-state index is 13.3. The highest BCUT2D eigenvalue weighted by molar-refractivity contribution is 6.31. The van der Waals surface area contributed by atoms with Gasteiger partial charge in [-0.15, -0.1) is 12.4 Å². The normalized spacial score (nSPS) is 14.2. The molecule has 0 aliphatic heterocycles. The highest BCUT2D eigenvalue weighted by Gasteiger charge is 2.20. The molecule has 0 fully saturated rings. The van der Waals surface area contributed by atoms with E-state index in [1.54, 1.807) is 13.0 Å². The van der Waals surface area contributed by atoms with Crippen LogP contribution >= 0.6 is 24.0 Å². The second-order valence-corrected chi connectivity index (χ2v) is 3.54. The van der Waals surface area contributed by atoms with Crippen molar-refractivity contribution >= 4 is 24.0 Å². The van der Waals surface area contributed by atoms with Crippen molar-refractivity contribution in [1.82, 2.24) is 0 Å². The molecule has 0 saturated carbocycles. The van der Waals surface area contributed by atoms with Gasteiger partial charge in [0.05, 0.1) is 12.1 Å². The Balaban J connectivity index is 0.00000196. The van der Waals surface area contributed by atoms with Gasteiger partial charge in [-0.3, -0.25) is 0 Å². The summed E-state index contributed by atoms with van der Waals surface area (Å²) < 4.78 is 13.3. The van der Waals surface area contributed by atoms with Gasteiger partial charge in [0.25, 0.3) is 0 Å². The number of halogens is 3. The van der Waals surface area contributed by atoms with Gasteiger partial charge in [0, 0.05) is 10.6 Å². The fourth-order valence-corrected chi connectivity index (χ4v) is 1.56. The number of rotatable bonds is 3. The molecule has 0 aromatic heterocycles. The third-order valence-corrected chi connectivity index (χ3v) is 2.50. The van der Waals surface area contributed by atoms with E-state index in [0.29, 0.717) is 6.42 Å². The molecule has 86 valence electrons. The van der Waals surface area contributed by atoms with Gasteiger partial charge < -0.3 is 10.8 Å². The SMILES string of the molecule is CC[C@@H](O)[C@@H](N)c1c(F)cccc1Cl.Cl. The summed E-state index contributed by atoms with van der Waals surface area (Å²) in [4.78, 5) is 0. The second kappa shape index (κ2) is 6.28. The predicted octanol–water partition coefficient (Wildman–Crippen LogP) is 2.67. The van der Waals surface area contributed by atoms with Crippen molar-refractivity contribution in [2.45, 2.75) is 25.5 Å². The van der Waals surface area contributed by atoms with Crippen LogP contribution in [0.1, 0.15) is 24.9 Å². The third-order valence-electron chi connectivity index (χ3n) is 2.17. The standard InChI is InChI=1S/C10H13ClFNO.ClH/c1-2-8(14)10(13)9-6(11)4-3-5-7(9)12;/h3-5,8,10,14H,2,13H2,1H3;1H/t8-,10-;/m1./s1. The molecule has 0 amide bonds. The molecule has 1 aromatic carbocycles. The Morgan fingerprint density at radius 2 is 2.13 bits per heavy atom. The van der Waals surface area contributed by atoms with Crippen LogP contribution in [-0.4, -0.2) is 11.2 Å². The van der Waals surface area contributed by atoms with Crippen LogP contribution in [0.4, 0.5) is 4.39 Å². The van der Waals surface area contributed by atoms with Crippen molar-refractivity contribution in [3.8, 4) is 0 Å². The lowest BCUT2D eigenvalue weighted by Gasteiger charge is -2.19. The first-order chi connectivity index (χ1) is 6.57. The lowest BCUT2D eigenvalue weighted by Crippen LogP contribution is -2.26. The third kappa shape index (κ3) is 3.31. The highest BCUT2D eigenvalue weighted by Crippen LogP contribution is 2.27. The smallest absolute Gasteiger partial charge is 0.129 e. The lowest BCUT2D eigenvalue weighted by atomic mass is 10.00. The Labute approximate surface area is 99.6 Å². The molecule has 1 rings (SSSR count). The van der Waals surface area contributed by atoms with Crippen LogP contribution in [0.15, 0.2) is 18.2 Å². The number of hydrogen-bond acceptors (Lipinski definition) is 2. The molecule has 2 nitrogen and oxygen atoms in total. The molecule has 0 aliphatic rings. The quantitative estimate of drug-likeness (QED) is 0.871. The minimum atomic E-state index is -0.774. The predicted molar refractivity (Wildman–Crippen MR) is 61.9 cm³/mol. The highest BCUT2D eigenvalue weighted by atomic mass is 35.5. The minimum Gasteiger partial charge on any atom is -0.391 e. The first-order valence-electron chi connectivity index (χ1n) is 4.45. The van der Waals surface area contributed by atoms with E-state index in [4.69, 9.17) is 17.3 Å². The van der Waals surface area contributed by atoms with Crippen molar-refractivity contribution < 1.29 is 9.50 Å². The zero-order chi connectivity index (χ0) is 10.7. The zero-order valence-corrected chi connectivity index (χ0v) is 9.86.